The van der Waals surface area contributed by atoms with E-state index >= 15 is 0 Å². The molecule has 1 aliphatic carbocycles. The molecule has 0 amide bonds. The van der Waals surface area contributed by atoms with Crippen molar-refractivity contribution in [2.24, 2.45) is 17.6 Å². The van der Waals surface area contributed by atoms with Gasteiger partial charge in [-0.2, -0.15) is 0 Å². The number of nitrogens with two attached hydrogens (primary N) is 1. The summed E-state index contributed by atoms with van der Waals surface area (Å²) < 4.78 is 26.9. The number of benzene rings is 1. The van der Waals surface area contributed by atoms with Crippen molar-refractivity contribution in [2.45, 2.75) is 24.8 Å². The van der Waals surface area contributed by atoms with Crippen LogP contribution in [0.2, 0.25) is 5.02 Å². The van der Waals surface area contributed by atoms with Crippen LogP contribution in [0.5, 0.6) is 0 Å². The molecule has 4 nitrogen and oxygen atoms in total. The number of nitrogens with one attached hydrogen (secondary N) is 1. The predicted molar refractivity (Wildman–Crippen MR) is 71.8 cm³/mol. The molecule has 2 rings (SSSR count). The maximum Gasteiger partial charge on any atom is 0.242 e. The number of rotatable bonds is 5. The number of sulfonamides is 1. The van der Waals surface area contributed by atoms with Gasteiger partial charge < -0.3 is 5.73 Å². The molecule has 0 radical (unpaired) electrons. The molecule has 1 fully saturated rings. The SMILES string of the molecule is CC1CC1CNS(=O)(=O)c1cc(CN)ccc1Cl. The van der Waals surface area contributed by atoms with E-state index in [0.29, 0.717) is 24.9 Å². The predicted octanol–water partition coefficient (Wildman–Crippen LogP) is 1.73. The first kappa shape index (κ1) is 13.8. The van der Waals surface area contributed by atoms with Crippen molar-refractivity contribution in [2.75, 3.05) is 6.54 Å². The zero-order valence-electron chi connectivity index (χ0n) is 10.2. The van der Waals surface area contributed by atoms with Gasteiger partial charge in [-0.3, -0.25) is 0 Å². The molecule has 0 spiro atoms. The van der Waals surface area contributed by atoms with Crippen LogP contribution in [-0.4, -0.2) is 15.0 Å². The van der Waals surface area contributed by atoms with Crippen molar-refractivity contribution in [3.05, 3.63) is 28.8 Å². The third-order valence-corrected chi connectivity index (χ3v) is 5.24. The Morgan fingerprint density at radius 2 is 2.17 bits per heavy atom. The van der Waals surface area contributed by atoms with E-state index in [1.54, 1.807) is 12.1 Å². The number of halogens is 1. The van der Waals surface area contributed by atoms with Crippen LogP contribution in [0.4, 0.5) is 0 Å². The van der Waals surface area contributed by atoms with Crippen LogP contribution in [-0.2, 0) is 16.6 Å². The highest BCUT2D eigenvalue weighted by Crippen LogP contribution is 2.37. The van der Waals surface area contributed by atoms with Gasteiger partial charge in [-0.1, -0.05) is 24.6 Å². The van der Waals surface area contributed by atoms with Crippen molar-refractivity contribution in [1.29, 1.82) is 0 Å². The second-order valence-corrected chi connectivity index (χ2v) is 6.94. The van der Waals surface area contributed by atoms with E-state index in [1.807, 2.05) is 0 Å². The van der Waals surface area contributed by atoms with E-state index < -0.39 is 10.0 Å². The Bertz CT molecular complexity index is 545. The van der Waals surface area contributed by atoms with E-state index in [2.05, 4.69) is 11.6 Å². The summed E-state index contributed by atoms with van der Waals surface area (Å²) in [7, 11) is -3.54. The Morgan fingerprint density at radius 1 is 1.50 bits per heavy atom. The zero-order chi connectivity index (χ0) is 13.3. The Balaban J connectivity index is 2.17. The minimum absolute atomic E-state index is 0.111. The number of hydrogen-bond donors (Lipinski definition) is 2. The Hall–Kier alpha value is -0.620. The van der Waals surface area contributed by atoms with Gasteiger partial charge in [0, 0.05) is 13.1 Å². The van der Waals surface area contributed by atoms with Crippen molar-refractivity contribution < 1.29 is 8.42 Å². The van der Waals surface area contributed by atoms with Crippen LogP contribution in [0.15, 0.2) is 23.1 Å². The first-order valence-corrected chi connectivity index (χ1v) is 7.78. The molecule has 6 heteroatoms. The van der Waals surface area contributed by atoms with Crippen molar-refractivity contribution >= 4 is 21.6 Å². The van der Waals surface area contributed by atoms with Crippen LogP contribution in [0.1, 0.15) is 18.9 Å². The second-order valence-electron chi connectivity index (χ2n) is 4.79. The Kier molecular flexibility index (Phi) is 3.96. The molecule has 1 aromatic carbocycles. The van der Waals surface area contributed by atoms with Crippen LogP contribution in [0.3, 0.4) is 0 Å². The fraction of sp³-hybridized carbons (Fsp3) is 0.500. The lowest BCUT2D eigenvalue weighted by atomic mass is 10.2. The summed E-state index contributed by atoms with van der Waals surface area (Å²) >= 11 is 5.94. The van der Waals surface area contributed by atoms with Crippen LogP contribution >= 0.6 is 11.6 Å². The van der Waals surface area contributed by atoms with Crippen molar-refractivity contribution in [3.63, 3.8) is 0 Å². The zero-order valence-corrected chi connectivity index (χ0v) is 11.8. The fourth-order valence-corrected chi connectivity index (χ4v) is 3.50. The summed E-state index contributed by atoms with van der Waals surface area (Å²) in [4.78, 5) is 0.111. The summed E-state index contributed by atoms with van der Waals surface area (Å²) in [6, 6.07) is 4.82. The van der Waals surface area contributed by atoms with E-state index in [9.17, 15) is 8.42 Å². The van der Waals surface area contributed by atoms with Gasteiger partial charge in [0.05, 0.1) is 5.02 Å². The maximum atomic E-state index is 12.1. The average molecular weight is 289 g/mol. The molecule has 18 heavy (non-hydrogen) atoms. The first-order chi connectivity index (χ1) is 8.44. The number of hydrogen-bond acceptors (Lipinski definition) is 3. The van der Waals surface area contributed by atoms with Gasteiger partial charge in [0.25, 0.3) is 0 Å². The standard InChI is InChI=1S/C12H17ClN2O2S/c1-8-4-10(8)7-15-18(16,17)12-5-9(6-14)2-3-11(12)13/h2-3,5,8,10,15H,4,6-7,14H2,1H3. The van der Waals surface area contributed by atoms with Crippen molar-refractivity contribution in [3.8, 4) is 0 Å². The topological polar surface area (TPSA) is 72.2 Å². The van der Waals surface area contributed by atoms with E-state index in [4.69, 9.17) is 17.3 Å². The quantitative estimate of drug-likeness (QED) is 0.867. The third kappa shape index (κ3) is 3.03. The summed E-state index contributed by atoms with van der Waals surface area (Å²) in [5.74, 6) is 1.06. The smallest absolute Gasteiger partial charge is 0.242 e. The fourth-order valence-electron chi connectivity index (χ4n) is 1.86. The van der Waals surface area contributed by atoms with Gasteiger partial charge in [0.2, 0.25) is 10.0 Å². The lowest BCUT2D eigenvalue weighted by Crippen LogP contribution is -2.26. The molecule has 0 bridgehead atoms. The van der Waals surface area contributed by atoms with E-state index in [-0.39, 0.29) is 9.92 Å². The Morgan fingerprint density at radius 3 is 2.72 bits per heavy atom. The average Bonchev–Trinajstić information content (AvgIpc) is 3.03. The highest BCUT2D eigenvalue weighted by Gasteiger charge is 2.33. The van der Waals surface area contributed by atoms with Gasteiger partial charge in [-0.25, -0.2) is 13.1 Å². The molecule has 1 aliphatic rings. The monoisotopic (exact) mass is 288 g/mol. The molecule has 1 aromatic rings. The summed E-state index contributed by atoms with van der Waals surface area (Å²) in [6.07, 6.45) is 1.08. The first-order valence-electron chi connectivity index (χ1n) is 5.92. The maximum absolute atomic E-state index is 12.1. The summed E-state index contributed by atoms with van der Waals surface area (Å²) in [5, 5.41) is 0.226. The molecule has 100 valence electrons. The van der Waals surface area contributed by atoms with Gasteiger partial charge in [0.15, 0.2) is 0 Å². The second kappa shape index (κ2) is 5.17. The lowest BCUT2D eigenvalue weighted by molar-refractivity contribution is 0.574. The molecule has 0 heterocycles. The van der Waals surface area contributed by atoms with Crippen LogP contribution in [0.25, 0.3) is 0 Å². The summed E-state index contributed by atoms with van der Waals surface area (Å²) in [5.41, 5.74) is 6.25. The minimum atomic E-state index is -3.54. The lowest BCUT2D eigenvalue weighted by Gasteiger charge is -2.09. The molecule has 3 N–H and O–H groups in total. The van der Waals surface area contributed by atoms with Gasteiger partial charge in [-0.15, -0.1) is 0 Å². The van der Waals surface area contributed by atoms with E-state index in [0.717, 1.165) is 12.0 Å². The highest BCUT2D eigenvalue weighted by molar-refractivity contribution is 7.89. The minimum Gasteiger partial charge on any atom is -0.326 e. The third-order valence-electron chi connectivity index (χ3n) is 3.33. The molecular formula is C12H17ClN2O2S. The summed E-state index contributed by atoms with van der Waals surface area (Å²) in [6.45, 7) is 2.88. The normalized spacial score (nSPS) is 23.1. The molecule has 2 atom stereocenters. The largest absolute Gasteiger partial charge is 0.326 e. The van der Waals surface area contributed by atoms with Gasteiger partial charge in [0.1, 0.15) is 4.90 Å². The van der Waals surface area contributed by atoms with E-state index in [1.165, 1.54) is 6.07 Å². The highest BCUT2D eigenvalue weighted by atomic mass is 35.5. The van der Waals surface area contributed by atoms with Crippen LogP contribution in [0, 0.1) is 11.8 Å². The molecule has 2 unspecified atom stereocenters. The van der Waals surface area contributed by atoms with Crippen LogP contribution < -0.4 is 10.5 Å². The van der Waals surface area contributed by atoms with Gasteiger partial charge in [-0.05, 0) is 36.0 Å². The molecule has 0 saturated heterocycles. The van der Waals surface area contributed by atoms with Gasteiger partial charge >= 0.3 is 0 Å². The molecule has 0 aromatic heterocycles. The molecule has 1 saturated carbocycles. The molecular weight excluding hydrogens is 272 g/mol. The Labute approximate surface area is 113 Å². The van der Waals surface area contributed by atoms with Crippen molar-refractivity contribution in [1.82, 2.24) is 4.72 Å². The molecule has 0 aliphatic heterocycles.